The van der Waals surface area contributed by atoms with Crippen LogP contribution in [0, 0.1) is 0 Å². The molecule has 8 nitrogen and oxygen atoms in total. The lowest BCUT2D eigenvalue weighted by molar-refractivity contribution is -0.163. The van der Waals surface area contributed by atoms with Crippen molar-refractivity contribution in [2.75, 3.05) is 6.61 Å². The number of hydrogen-bond donors (Lipinski definition) is 2. The van der Waals surface area contributed by atoms with Crippen LogP contribution in [0.4, 0.5) is 0 Å². The first-order valence-corrected chi connectivity index (χ1v) is 6.41. The van der Waals surface area contributed by atoms with E-state index >= 15 is 0 Å². The van der Waals surface area contributed by atoms with Gasteiger partial charge in [-0.1, -0.05) is 0 Å². The summed E-state index contributed by atoms with van der Waals surface area (Å²) in [5, 5.41) is 0. The third kappa shape index (κ3) is 2.04. The minimum absolute atomic E-state index is 0.116. The number of ether oxygens (including phenoxy) is 2. The summed E-state index contributed by atoms with van der Waals surface area (Å²) in [4.78, 5) is 11.3. The van der Waals surface area contributed by atoms with Crippen molar-refractivity contribution in [3.05, 3.63) is 0 Å². The highest BCUT2D eigenvalue weighted by Gasteiger charge is 2.57. The second-order valence-electron chi connectivity index (χ2n) is 4.50. The summed E-state index contributed by atoms with van der Waals surface area (Å²) >= 11 is 0. The summed E-state index contributed by atoms with van der Waals surface area (Å²) < 4.78 is 42.0. The van der Waals surface area contributed by atoms with E-state index in [1.54, 1.807) is 13.8 Å². The third-order valence-corrected chi connectivity index (χ3v) is 3.72. The van der Waals surface area contributed by atoms with Gasteiger partial charge in [0, 0.05) is 0 Å². The number of nitrogens with two attached hydrogens (primary N) is 1. The number of rotatable bonds is 2. The predicted octanol–water partition coefficient (Wildman–Crippen LogP) is -1.52. The smallest absolute Gasteiger partial charge is 0.348 e. The van der Waals surface area contributed by atoms with Gasteiger partial charge in [0.05, 0.1) is 6.61 Å². The van der Waals surface area contributed by atoms with Crippen molar-refractivity contribution in [1.29, 1.82) is 0 Å². The molecular formula is C8H14N2O6S. The molecule has 3 atom stereocenters. The van der Waals surface area contributed by atoms with E-state index in [2.05, 4.69) is 0 Å². The molecule has 0 aromatic carbocycles. The summed E-state index contributed by atoms with van der Waals surface area (Å²) in [7, 11) is -4.60. The molecule has 2 aliphatic rings. The molecule has 2 saturated heterocycles. The molecule has 2 aliphatic heterocycles. The molecular weight excluding hydrogens is 252 g/mol. The number of amides is 1. The van der Waals surface area contributed by atoms with E-state index in [9.17, 15) is 13.2 Å². The number of carbonyl (C=O) groups is 1. The summed E-state index contributed by atoms with van der Waals surface area (Å²) in [6.07, 6.45) is -0.667. The van der Waals surface area contributed by atoms with Gasteiger partial charge in [-0.3, -0.25) is 9.35 Å². The van der Waals surface area contributed by atoms with Crippen LogP contribution >= 0.6 is 0 Å². The van der Waals surface area contributed by atoms with Gasteiger partial charge in [-0.25, -0.2) is 4.31 Å². The molecule has 3 N–H and O–H groups in total. The van der Waals surface area contributed by atoms with Gasteiger partial charge in [-0.2, -0.15) is 8.42 Å². The number of carbonyl (C=O) groups excluding carboxylic acids is 1. The second-order valence-corrected chi connectivity index (χ2v) is 5.78. The minimum atomic E-state index is -4.60. The molecule has 0 aromatic heterocycles. The molecule has 2 fully saturated rings. The minimum Gasteiger partial charge on any atom is -0.348 e. The zero-order chi connectivity index (χ0) is 13.0. The van der Waals surface area contributed by atoms with E-state index in [0.29, 0.717) is 4.31 Å². The molecule has 0 radical (unpaired) electrons. The van der Waals surface area contributed by atoms with E-state index in [-0.39, 0.29) is 6.61 Å². The maximum Gasteiger partial charge on any atom is 0.362 e. The predicted molar refractivity (Wildman–Crippen MR) is 55.1 cm³/mol. The fourth-order valence-corrected chi connectivity index (χ4v) is 2.96. The Kier molecular flexibility index (Phi) is 2.71. The van der Waals surface area contributed by atoms with Gasteiger partial charge in [0.2, 0.25) is 0 Å². The average molecular weight is 266 g/mol. The van der Waals surface area contributed by atoms with Crippen LogP contribution in [0.25, 0.3) is 0 Å². The van der Waals surface area contributed by atoms with Gasteiger partial charge in [-0.05, 0) is 13.8 Å². The monoisotopic (exact) mass is 266 g/mol. The molecule has 9 heteroatoms. The Hall–Kier alpha value is -0.740. The van der Waals surface area contributed by atoms with Crippen LogP contribution in [0.2, 0.25) is 0 Å². The van der Waals surface area contributed by atoms with E-state index < -0.39 is 40.2 Å². The second kappa shape index (κ2) is 3.62. The van der Waals surface area contributed by atoms with Gasteiger partial charge >= 0.3 is 10.3 Å². The van der Waals surface area contributed by atoms with E-state index in [4.69, 9.17) is 19.8 Å². The van der Waals surface area contributed by atoms with Gasteiger partial charge in [0.15, 0.2) is 5.79 Å². The molecule has 0 bridgehead atoms. The Morgan fingerprint density at radius 2 is 2.12 bits per heavy atom. The van der Waals surface area contributed by atoms with Crippen molar-refractivity contribution >= 4 is 16.2 Å². The van der Waals surface area contributed by atoms with Crippen LogP contribution in [-0.2, 0) is 24.6 Å². The Bertz CT molecular complexity index is 447. The van der Waals surface area contributed by atoms with Crippen molar-refractivity contribution < 1.29 is 27.2 Å². The van der Waals surface area contributed by atoms with Gasteiger partial charge in [0.1, 0.15) is 18.2 Å². The highest BCUT2D eigenvalue weighted by Crippen LogP contribution is 2.33. The Morgan fingerprint density at radius 3 is 2.53 bits per heavy atom. The average Bonchev–Trinajstić information content (AvgIpc) is 2.51. The maximum absolute atomic E-state index is 11.3. The number of β-lactam (4-membered cyclic amide) rings is 1. The Labute approximate surface area is 98.5 Å². The lowest BCUT2D eigenvalue weighted by Crippen LogP contribution is -2.73. The van der Waals surface area contributed by atoms with E-state index in [0.717, 1.165) is 0 Å². The number of hydrogen-bond acceptors (Lipinski definition) is 6. The Balaban J connectivity index is 2.19. The van der Waals surface area contributed by atoms with Crippen molar-refractivity contribution in [2.45, 2.75) is 37.8 Å². The van der Waals surface area contributed by atoms with Crippen LogP contribution in [0.3, 0.4) is 0 Å². The van der Waals surface area contributed by atoms with Gasteiger partial charge in [0.25, 0.3) is 5.91 Å². The first-order valence-electron chi connectivity index (χ1n) is 5.01. The summed E-state index contributed by atoms with van der Waals surface area (Å²) in [6, 6.07) is -1.92. The quantitative estimate of drug-likeness (QED) is 0.460. The van der Waals surface area contributed by atoms with Crippen LogP contribution < -0.4 is 5.73 Å². The van der Waals surface area contributed by atoms with Crippen molar-refractivity contribution in [1.82, 2.24) is 4.31 Å². The zero-order valence-electron chi connectivity index (χ0n) is 9.36. The lowest BCUT2D eigenvalue weighted by Gasteiger charge is -2.44. The lowest BCUT2D eigenvalue weighted by atomic mass is 9.95. The van der Waals surface area contributed by atoms with Crippen molar-refractivity contribution in [3.63, 3.8) is 0 Å². The van der Waals surface area contributed by atoms with Crippen LogP contribution in [0.5, 0.6) is 0 Å². The highest BCUT2D eigenvalue weighted by atomic mass is 32.2. The molecule has 0 unspecified atom stereocenters. The topological polar surface area (TPSA) is 119 Å². The molecule has 0 aromatic rings. The van der Waals surface area contributed by atoms with E-state index in [1.165, 1.54) is 0 Å². The van der Waals surface area contributed by atoms with Crippen molar-refractivity contribution in [2.24, 2.45) is 5.73 Å². The molecule has 98 valence electrons. The fourth-order valence-electron chi connectivity index (χ4n) is 2.04. The molecule has 2 heterocycles. The third-order valence-electron chi connectivity index (χ3n) is 2.80. The summed E-state index contributed by atoms with van der Waals surface area (Å²) in [5.41, 5.74) is 5.52. The van der Waals surface area contributed by atoms with Crippen LogP contribution in [0.1, 0.15) is 13.8 Å². The van der Waals surface area contributed by atoms with E-state index in [1.807, 2.05) is 0 Å². The molecule has 2 rings (SSSR count). The molecule has 0 aliphatic carbocycles. The van der Waals surface area contributed by atoms with Crippen LogP contribution in [0.15, 0.2) is 0 Å². The van der Waals surface area contributed by atoms with Gasteiger partial charge in [-0.15, -0.1) is 0 Å². The standard InChI is InChI=1S/C8H14N2O6S/c1-8(2)15-3-4(16-8)6-5(9)7(11)10(6)17(12,13)14/h4-6H,3,9H2,1-2H3,(H,12,13,14)/t4-,5-,6+/m0/s1. The summed E-state index contributed by atoms with van der Waals surface area (Å²) in [5.74, 6) is -1.70. The maximum atomic E-state index is 11.3. The number of nitrogens with zero attached hydrogens (tertiary/aromatic N) is 1. The summed E-state index contributed by atoms with van der Waals surface area (Å²) in [6.45, 7) is 3.44. The molecule has 0 saturated carbocycles. The first-order chi connectivity index (χ1) is 7.63. The zero-order valence-corrected chi connectivity index (χ0v) is 10.2. The normalized spacial score (nSPS) is 37.1. The largest absolute Gasteiger partial charge is 0.362 e. The highest BCUT2D eigenvalue weighted by molar-refractivity contribution is 7.84. The molecule has 17 heavy (non-hydrogen) atoms. The van der Waals surface area contributed by atoms with Gasteiger partial charge < -0.3 is 15.2 Å². The SMILES string of the molecule is CC1(C)OC[C@@H]([C@@H]2[C@H](N)C(=O)N2S(=O)(=O)O)O1. The first kappa shape index (κ1) is 12.7. The molecule has 1 amide bonds. The molecule has 0 spiro atoms. The van der Waals surface area contributed by atoms with Crippen molar-refractivity contribution in [3.8, 4) is 0 Å². The Morgan fingerprint density at radius 1 is 1.53 bits per heavy atom. The van der Waals surface area contributed by atoms with Crippen LogP contribution in [-0.4, -0.2) is 53.8 Å². The fraction of sp³-hybridized carbons (Fsp3) is 0.875.